The summed E-state index contributed by atoms with van der Waals surface area (Å²) in [7, 11) is 0. The van der Waals surface area contributed by atoms with Crippen molar-refractivity contribution in [1.82, 2.24) is 5.32 Å². The summed E-state index contributed by atoms with van der Waals surface area (Å²) < 4.78 is 36.5. The van der Waals surface area contributed by atoms with Gasteiger partial charge in [-0.2, -0.15) is 13.2 Å². The van der Waals surface area contributed by atoms with Crippen molar-refractivity contribution in [2.45, 2.75) is 25.6 Å². The Morgan fingerprint density at radius 1 is 1.26 bits per heavy atom. The normalized spacial score (nSPS) is 12.8. The van der Waals surface area contributed by atoms with Crippen LogP contribution in [-0.2, 0) is 9.59 Å². The Labute approximate surface area is 107 Å². The first-order valence-corrected chi connectivity index (χ1v) is 5.34. The average Bonchev–Trinajstić information content (AvgIpc) is 2.27. The minimum absolute atomic E-state index is 0.271. The third-order valence-corrected chi connectivity index (χ3v) is 2.41. The van der Waals surface area contributed by atoms with Crippen molar-refractivity contribution in [2.75, 3.05) is 0 Å². The second-order valence-electron chi connectivity index (χ2n) is 4.01. The fraction of sp³-hybridized carbons (Fsp3) is 0.333. The van der Waals surface area contributed by atoms with Gasteiger partial charge in [-0.05, 0) is 12.5 Å². The van der Waals surface area contributed by atoms with Crippen LogP contribution < -0.4 is 10.4 Å². The van der Waals surface area contributed by atoms with E-state index < -0.39 is 30.5 Å². The van der Waals surface area contributed by atoms with E-state index >= 15 is 0 Å². The maximum Gasteiger partial charge on any atom is 0.471 e. The maximum atomic E-state index is 12.2. The van der Waals surface area contributed by atoms with Crippen LogP contribution in [0.2, 0.25) is 0 Å². The number of hydrogen-bond donors (Lipinski definition) is 1. The highest BCUT2D eigenvalue weighted by atomic mass is 19.4. The largest absolute Gasteiger partial charge is 0.550 e. The Morgan fingerprint density at radius 2 is 1.79 bits per heavy atom. The number of carbonyl (C=O) groups excluding carboxylic acids is 2. The molecule has 0 spiro atoms. The SMILES string of the molecule is Cc1ccc([C@@H](CC(=O)[O-])NC(=O)C(F)(F)F)cc1. The molecule has 1 N–H and O–H groups in total. The molecular formula is C12H11F3NO3-. The third kappa shape index (κ3) is 4.61. The molecule has 0 aliphatic heterocycles. The Kier molecular flexibility index (Phi) is 4.52. The van der Waals surface area contributed by atoms with Gasteiger partial charge in [-0.15, -0.1) is 0 Å². The molecule has 1 amide bonds. The Balaban J connectivity index is 2.92. The van der Waals surface area contributed by atoms with Gasteiger partial charge in [0.05, 0.1) is 6.04 Å². The molecule has 0 unspecified atom stereocenters. The first-order valence-electron chi connectivity index (χ1n) is 5.34. The predicted octanol–water partition coefficient (Wildman–Crippen LogP) is 0.855. The second-order valence-corrected chi connectivity index (χ2v) is 4.01. The van der Waals surface area contributed by atoms with E-state index in [-0.39, 0.29) is 5.56 Å². The van der Waals surface area contributed by atoms with Gasteiger partial charge in [0.1, 0.15) is 0 Å². The summed E-state index contributed by atoms with van der Waals surface area (Å²) in [6, 6.07) is 4.85. The highest BCUT2D eigenvalue weighted by Gasteiger charge is 2.39. The standard InChI is InChI=1S/C12H12F3NO3/c1-7-2-4-8(5-3-7)9(6-10(17)18)16-11(19)12(13,14)15/h2-5,9H,6H2,1H3,(H,16,19)(H,17,18)/p-1/t9-/m1/s1. The molecule has 4 nitrogen and oxygen atoms in total. The van der Waals surface area contributed by atoms with Gasteiger partial charge in [0.2, 0.25) is 0 Å². The quantitative estimate of drug-likeness (QED) is 0.885. The molecule has 0 radical (unpaired) electrons. The van der Waals surface area contributed by atoms with Crippen LogP contribution >= 0.6 is 0 Å². The highest BCUT2D eigenvalue weighted by molar-refractivity contribution is 5.82. The fourth-order valence-corrected chi connectivity index (χ4v) is 1.46. The van der Waals surface area contributed by atoms with Gasteiger partial charge in [0, 0.05) is 12.4 Å². The van der Waals surface area contributed by atoms with Crippen LogP contribution in [0.25, 0.3) is 0 Å². The summed E-state index contributed by atoms with van der Waals surface area (Å²) in [5.41, 5.74) is 1.13. The van der Waals surface area contributed by atoms with E-state index in [4.69, 9.17) is 0 Å². The van der Waals surface area contributed by atoms with Gasteiger partial charge in [0.25, 0.3) is 0 Å². The number of carboxylic acids is 1. The number of carboxylic acid groups (broad SMARTS) is 1. The summed E-state index contributed by atoms with van der Waals surface area (Å²) in [6.45, 7) is 1.77. The molecule has 0 fully saturated rings. The van der Waals surface area contributed by atoms with E-state index in [9.17, 15) is 27.9 Å². The molecule has 1 aromatic rings. The lowest BCUT2D eigenvalue weighted by Crippen LogP contribution is -2.41. The van der Waals surface area contributed by atoms with Crippen LogP contribution in [-0.4, -0.2) is 18.1 Å². The molecule has 7 heteroatoms. The Hall–Kier alpha value is -2.05. The van der Waals surface area contributed by atoms with E-state index in [1.807, 2.05) is 0 Å². The zero-order chi connectivity index (χ0) is 14.6. The van der Waals surface area contributed by atoms with Crippen LogP contribution in [0.4, 0.5) is 13.2 Å². The fourth-order valence-electron chi connectivity index (χ4n) is 1.46. The maximum absolute atomic E-state index is 12.2. The molecule has 104 valence electrons. The van der Waals surface area contributed by atoms with Crippen molar-refractivity contribution in [3.05, 3.63) is 35.4 Å². The number of nitrogens with one attached hydrogen (secondary N) is 1. The van der Waals surface area contributed by atoms with Gasteiger partial charge < -0.3 is 15.2 Å². The molecular weight excluding hydrogens is 263 g/mol. The van der Waals surface area contributed by atoms with Gasteiger partial charge in [0.15, 0.2) is 0 Å². The minimum atomic E-state index is -5.06. The van der Waals surface area contributed by atoms with Crippen molar-refractivity contribution in [2.24, 2.45) is 0 Å². The van der Waals surface area contributed by atoms with Crippen LogP contribution in [0.1, 0.15) is 23.6 Å². The van der Waals surface area contributed by atoms with Crippen molar-refractivity contribution in [1.29, 1.82) is 0 Å². The molecule has 1 aromatic carbocycles. The monoisotopic (exact) mass is 274 g/mol. The summed E-state index contributed by atoms with van der Waals surface area (Å²) in [4.78, 5) is 21.4. The van der Waals surface area contributed by atoms with Gasteiger partial charge in [-0.25, -0.2) is 0 Å². The first-order chi connectivity index (χ1) is 8.70. The lowest BCUT2D eigenvalue weighted by Gasteiger charge is -2.20. The number of carbonyl (C=O) groups is 2. The number of halogens is 3. The molecule has 19 heavy (non-hydrogen) atoms. The Bertz CT molecular complexity index is 468. The van der Waals surface area contributed by atoms with Crippen molar-refractivity contribution in [3.8, 4) is 0 Å². The molecule has 1 rings (SSSR count). The number of amides is 1. The number of hydrogen-bond acceptors (Lipinski definition) is 3. The molecule has 0 heterocycles. The van der Waals surface area contributed by atoms with E-state index in [1.54, 1.807) is 24.4 Å². The second kappa shape index (κ2) is 5.73. The molecule has 0 aromatic heterocycles. The predicted molar refractivity (Wildman–Crippen MR) is 57.7 cm³/mol. The van der Waals surface area contributed by atoms with Gasteiger partial charge in [-0.3, -0.25) is 4.79 Å². The number of rotatable bonds is 4. The summed E-state index contributed by atoms with van der Waals surface area (Å²) in [6.07, 6.45) is -5.79. The van der Waals surface area contributed by atoms with E-state index in [0.717, 1.165) is 5.56 Å². The topological polar surface area (TPSA) is 69.2 Å². The zero-order valence-corrected chi connectivity index (χ0v) is 9.95. The summed E-state index contributed by atoms with van der Waals surface area (Å²) >= 11 is 0. The zero-order valence-electron chi connectivity index (χ0n) is 9.95. The minimum Gasteiger partial charge on any atom is -0.550 e. The highest BCUT2D eigenvalue weighted by Crippen LogP contribution is 2.21. The van der Waals surface area contributed by atoms with Crippen LogP contribution in [0.5, 0.6) is 0 Å². The number of aliphatic carboxylic acids is 1. The van der Waals surface area contributed by atoms with Crippen LogP contribution in [0.3, 0.4) is 0 Å². The van der Waals surface area contributed by atoms with E-state index in [2.05, 4.69) is 0 Å². The van der Waals surface area contributed by atoms with Crippen LogP contribution in [0.15, 0.2) is 24.3 Å². The lowest BCUT2D eigenvalue weighted by molar-refractivity contribution is -0.306. The van der Waals surface area contributed by atoms with Gasteiger partial charge in [-0.1, -0.05) is 29.8 Å². The van der Waals surface area contributed by atoms with E-state index in [1.165, 1.54) is 12.1 Å². The lowest BCUT2D eigenvalue weighted by atomic mass is 10.0. The summed E-state index contributed by atoms with van der Waals surface area (Å²) in [5.74, 6) is -3.73. The third-order valence-electron chi connectivity index (χ3n) is 2.41. The number of alkyl halides is 3. The van der Waals surface area contributed by atoms with Crippen molar-refractivity contribution >= 4 is 11.9 Å². The molecule has 0 aliphatic carbocycles. The number of aryl methyl sites for hydroxylation is 1. The van der Waals surface area contributed by atoms with Gasteiger partial charge >= 0.3 is 12.1 Å². The smallest absolute Gasteiger partial charge is 0.471 e. The number of benzene rings is 1. The van der Waals surface area contributed by atoms with Crippen LogP contribution in [0, 0.1) is 6.92 Å². The van der Waals surface area contributed by atoms with Crippen molar-refractivity contribution in [3.63, 3.8) is 0 Å². The molecule has 0 saturated heterocycles. The Morgan fingerprint density at radius 3 is 2.21 bits per heavy atom. The summed E-state index contributed by atoms with van der Waals surface area (Å²) in [5, 5.41) is 12.2. The first kappa shape index (κ1) is 15.0. The molecule has 0 bridgehead atoms. The molecule has 1 atom stereocenters. The molecule has 0 saturated carbocycles. The van der Waals surface area contributed by atoms with Crippen molar-refractivity contribution < 1.29 is 27.9 Å². The van der Waals surface area contributed by atoms with E-state index in [0.29, 0.717) is 0 Å². The average molecular weight is 274 g/mol. The molecule has 0 aliphatic rings.